The molecule has 0 aromatic carbocycles. The first kappa shape index (κ1) is 22.2. The number of piperidine rings is 1. The number of guanidine groups is 1. The Morgan fingerprint density at radius 3 is 2.38 bits per heavy atom. The molecule has 2 atom stereocenters. The maximum atomic E-state index is 6.06. The largest absolute Gasteiger partial charge is 0.378 e. The third-order valence-electron chi connectivity index (χ3n) is 6.46. The molecule has 0 bridgehead atoms. The van der Waals surface area contributed by atoms with Gasteiger partial charge in [-0.3, -0.25) is 4.99 Å². The highest BCUT2D eigenvalue weighted by Crippen LogP contribution is 2.42. The third-order valence-corrected chi connectivity index (χ3v) is 6.46. The third kappa shape index (κ3) is 5.47. The van der Waals surface area contributed by atoms with Crippen LogP contribution in [0.1, 0.15) is 65.7 Å². The van der Waals surface area contributed by atoms with Crippen molar-refractivity contribution < 1.29 is 4.74 Å². The van der Waals surface area contributed by atoms with E-state index in [1.165, 1.54) is 45.2 Å². The van der Waals surface area contributed by atoms with Crippen LogP contribution in [-0.2, 0) is 4.74 Å². The summed E-state index contributed by atoms with van der Waals surface area (Å²) < 4.78 is 6.06. The van der Waals surface area contributed by atoms with Crippen molar-refractivity contribution >= 4 is 29.9 Å². The van der Waals surface area contributed by atoms with Gasteiger partial charge in [0.2, 0.25) is 0 Å². The van der Waals surface area contributed by atoms with Crippen LogP contribution in [0, 0.1) is 5.41 Å². The second kappa shape index (κ2) is 9.92. The van der Waals surface area contributed by atoms with Gasteiger partial charge in [0.15, 0.2) is 5.96 Å². The van der Waals surface area contributed by atoms with Gasteiger partial charge < -0.3 is 20.3 Å². The van der Waals surface area contributed by atoms with Gasteiger partial charge in [-0.05, 0) is 38.5 Å². The number of hydrogen-bond acceptors (Lipinski definition) is 3. The molecule has 0 amide bonds. The van der Waals surface area contributed by atoms with Crippen LogP contribution in [0.4, 0.5) is 0 Å². The fraction of sp³-hybridized carbons (Fsp3) is 0.950. The lowest BCUT2D eigenvalue weighted by Gasteiger charge is -2.52. The number of likely N-dealkylation sites (tertiary alicyclic amines) is 1. The Balaban J connectivity index is 0.00000243. The highest BCUT2D eigenvalue weighted by atomic mass is 127. The molecule has 0 aromatic rings. The first-order valence-corrected chi connectivity index (χ1v) is 10.4. The Bertz CT molecular complexity index is 459. The molecule has 1 heterocycles. The zero-order chi connectivity index (χ0) is 17.9. The van der Waals surface area contributed by atoms with Gasteiger partial charge in [0.1, 0.15) is 0 Å². The van der Waals surface area contributed by atoms with Crippen LogP contribution in [0.5, 0.6) is 0 Å². The van der Waals surface area contributed by atoms with Gasteiger partial charge in [0.25, 0.3) is 0 Å². The molecule has 0 aromatic heterocycles. The lowest BCUT2D eigenvalue weighted by molar-refractivity contribution is -0.113. The molecule has 1 saturated heterocycles. The van der Waals surface area contributed by atoms with Gasteiger partial charge in [-0.25, -0.2) is 0 Å². The molecule has 5 nitrogen and oxygen atoms in total. The topological polar surface area (TPSA) is 48.9 Å². The molecule has 2 aliphatic carbocycles. The number of unbranched alkanes of at least 4 members (excludes halogenated alkanes) is 1. The van der Waals surface area contributed by atoms with Crippen LogP contribution in [-0.4, -0.2) is 61.8 Å². The molecule has 2 unspecified atom stereocenters. The van der Waals surface area contributed by atoms with Crippen LogP contribution in [0.25, 0.3) is 0 Å². The maximum Gasteiger partial charge on any atom is 0.191 e. The van der Waals surface area contributed by atoms with Gasteiger partial charge in [0, 0.05) is 50.3 Å². The second-order valence-corrected chi connectivity index (χ2v) is 8.72. The standard InChI is InChI=1S/C20H38N4O.HI/c1-5-6-13-25-18-14-17(20(18,2)3)23-19(21-4)22-15-9-11-24(12-10-15)16-7-8-16;/h15-18H,5-14H2,1-4H3,(H2,21,22,23);1H. The van der Waals surface area contributed by atoms with E-state index in [2.05, 4.69) is 41.3 Å². The van der Waals surface area contributed by atoms with Crippen molar-refractivity contribution in [2.45, 2.75) is 89.9 Å². The molecule has 1 aliphatic heterocycles. The van der Waals surface area contributed by atoms with Gasteiger partial charge in [-0.2, -0.15) is 0 Å². The van der Waals surface area contributed by atoms with Crippen molar-refractivity contribution in [1.82, 2.24) is 15.5 Å². The maximum absolute atomic E-state index is 6.06. The molecule has 2 N–H and O–H groups in total. The minimum atomic E-state index is 0. The predicted octanol–water partition coefficient (Wildman–Crippen LogP) is 3.38. The quantitative estimate of drug-likeness (QED) is 0.255. The molecule has 2 saturated carbocycles. The number of hydrogen-bond donors (Lipinski definition) is 2. The summed E-state index contributed by atoms with van der Waals surface area (Å²) in [7, 11) is 1.88. The van der Waals surface area contributed by atoms with Gasteiger partial charge in [-0.15, -0.1) is 24.0 Å². The summed E-state index contributed by atoms with van der Waals surface area (Å²) in [5.74, 6) is 0.968. The van der Waals surface area contributed by atoms with Crippen molar-refractivity contribution in [3.8, 4) is 0 Å². The smallest absolute Gasteiger partial charge is 0.191 e. The van der Waals surface area contributed by atoms with Crippen LogP contribution in [0.15, 0.2) is 4.99 Å². The fourth-order valence-electron chi connectivity index (χ4n) is 4.16. The van der Waals surface area contributed by atoms with E-state index in [0.717, 1.165) is 31.4 Å². The molecular weight excluding hydrogens is 439 g/mol. The minimum absolute atomic E-state index is 0. The van der Waals surface area contributed by atoms with E-state index in [0.29, 0.717) is 18.2 Å². The summed E-state index contributed by atoms with van der Waals surface area (Å²) in [5.41, 5.74) is 0.167. The Hall–Kier alpha value is -0.0800. The number of aliphatic imine (C=N–C) groups is 1. The second-order valence-electron chi connectivity index (χ2n) is 8.72. The van der Waals surface area contributed by atoms with Crippen LogP contribution in [0.3, 0.4) is 0 Å². The summed E-state index contributed by atoms with van der Waals surface area (Å²) in [4.78, 5) is 7.14. The summed E-state index contributed by atoms with van der Waals surface area (Å²) >= 11 is 0. The number of nitrogens with zero attached hydrogens (tertiary/aromatic N) is 2. The van der Waals surface area contributed by atoms with Gasteiger partial charge in [-0.1, -0.05) is 27.2 Å². The number of rotatable bonds is 7. The lowest BCUT2D eigenvalue weighted by atomic mass is 9.64. The zero-order valence-corrected chi connectivity index (χ0v) is 19.4. The lowest BCUT2D eigenvalue weighted by Crippen LogP contribution is -2.64. The molecule has 3 aliphatic rings. The van der Waals surface area contributed by atoms with Crippen molar-refractivity contribution in [3.63, 3.8) is 0 Å². The van der Waals surface area contributed by atoms with Crippen LogP contribution >= 0.6 is 24.0 Å². The summed E-state index contributed by atoms with van der Waals surface area (Å²) in [6, 6.07) is 1.90. The Morgan fingerprint density at radius 1 is 1.15 bits per heavy atom. The molecular formula is C20H39IN4O. The first-order valence-electron chi connectivity index (χ1n) is 10.4. The number of halogens is 1. The summed E-state index contributed by atoms with van der Waals surface area (Å²) in [6.45, 7) is 10.2. The van der Waals surface area contributed by atoms with E-state index in [9.17, 15) is 0 Å². The van der Waals surface area contributed by atoms with Crippen LogP contribution < -0.4 is 10.6 Å². The van der Waals surface area contributed by atoms with E-state index in [1.807, 2.05) is 7.05 Å². The molecule has 0 spiro atoms. The molecule has 152 valence electrons. The molecule has 0 radical (unpaired) electrons. The molecule has 6 heteroatoms. The monoisotopic (exact) mass is 478 g/mol. The van der Waals surface area contributed by atoms with Crippen molar-refractivity contribution in [1.29, 1.82) is 0 Å². The Morgan fingerprint density at radius 2 is 1.85 bits per heavy atom. The highest BCUT2D eigenvalue weighted by molar-refractivity contribution is 14.0. The zero-order valence-electron chi connectivity index (χ0n) is 17.1. The number of nitrogens with one attached hydrogen (secondary N) is 2. The Kier molecular flexibility index (Phi) is 8.47. The van der Waals surface area contributed by atoms with E-state index in [4.69, 9.17) is 4.74 Å². The summed E-state index contributed by atoms with van der Waals surface area (Å²) in [5, 5.41) is 7.31. The van der Waals surface area contributed by atoms with E-state index in [-0.39, 0.29) is 29.4 Å². The van der Waals surface area contributed by atoms with Crippen molar-refractivity contribution in [2.24, 2.45) is 10.4 Å². The normalized spacial score (nSPS) is 29.6. The average Bonchev–Trinajstić information content (AvgIpc) is 3.45. The first-order chi connectivity index (χ1) is 12.0. The fourth-order valence-corrected chi connectivity index (χ4v) is 4.16. The van der Waals surface area contributed by atoms with Gasteiger partial charge >= 0.3 is 0 Å². The number of ether oxygens (including phenoxy) is 1. The van der Waals surface area contributed by atoms with E-state index in [1.54, 1.807) is 0 Å². The SMILES string of the molecule is CCCCOC1CC(NC(=NC)NC2CCN(C3CC3)CC2)C1(C)C.I. The predicted molar refractivity (Wildman–Crippen MR) is 119 cm³/mol. The minimum Gasteiger partial charge on any atom is -0.378 e. The highest BCUT2D eigenvalue weighted by Gasteiger charge is 2.49. The van der Waals surface area contributed by atoms with E-state index < -0.39 is 0 Å². The van der Waals surface area contributed by atoms with Crippen LogP contribution in [0.2, 0.25) is 0 Å². The average molecular weight is 478 g/mol. The van der Waals surface area contributed by atoms with Crippen molar-refractivity contribution in [3.05, 3.63) is 0 Å². The Labute approximate surface area is 177 Å². The van der Waals surface area contributed by atoms with Gasteiger partial charge in [0.05, 0.1) is 6.10 Å². The summed E-state index contributed by atoms with van der Waals surface area (Å²) in [6.07, 6.45) is 9.10. The molecule has 26 heavy (non-hydrogen) atoms. The van der Waals surface area contributed by atoms with E-state index >= 15 is 0 Å². The molecule has 3 rings (SSSR count). The molecule has 3 fully saturated rings. The van der Waals surface area contributed by atoms with Crippen molar-refractivity contribution in [2.75, 3.05) is 26.7 Å².